The van der Waals surface area contributed by atoms with Crippen LogP contribution >= 0.6 is 0 Å². The number of amides is 1. The van der Waals surface area contributed by atoms with Gasteiger partial charge in [-0.1, -0.05) is 6.42 Å². The van der Waals surface area contributed by atoms with Crippen molar-refractivity contribution in [1.29, 1.82) is 0 Å². The van der Waals surface area contributed by atoms with Gasteiger partial charge in [0.05, 0.1) is 0 Å². The molecule has 3 aliphatic rings. The first-order valence-corrected chi connectivity index (χ1v) is 8.36. The summed E-state index contributed by atoms with van der Waals surface area (Å²) in [4.78, 5) is 14.8. The fourth-order valence-corrected chi connectivity index (χ4v) is 3.89. The third-order valence-corrected chi connectivity index (χ3v) is 5.56. The second kappa shape index (κ2) is 5.30. The van der Waals surface area contributed by atoms with Gasteiger partial charge in [0.25, 0.3) is 0 Å². The quantitative estimate of drug-likeness (QED) is 0.777. The molecule has 114 valence electrons. The van der Waals surface area contributed by atoms with Gasteiger partial charge in [-0.15, -0.1) is 0 Å². The number of primary amides is 1. The Bertz CT molecular complexity index is 368. The number of piperidine rings is 1. The van der Waals surface area contributed by atoms with Crippen molar-refractivity contribution in [1.82, 2.24) is 10.2 Å². The summed E-state index contributed by atoms with van der Waals surface area (Å²) in [5.74, 6) is 0.332. The lowest BCUT2D eigenvalue weighted by Gasteiger charge is -2.45. The summed E-state index contributed by atoms with van der Waals surface area (Å²) in [6.07, 6.45) is 8.50. The van der Waals surface area contributed by atoms with E-state index in [4.69, 9.17) is 5.73 Å². The van der Waals surface area contributed by atoms with Crippen LogP contribution < -0.4 is 11.1 Å². The van der Waals surface area contributed by atoms with E-state index in [2.05, 4.69) is 24.1 Å². The fraction of sp³-hybridized carbons (Fsp3) is 0.938. The molecule has 3 fully saturated rings. The molecule has 0 aromatic rings. The van der Waals surface area contributed by atoms with Gasteiger partial charge >= 0.3 is 0 Å². The molecule has 4 nitrogen and oxygen atoms in total. The Kier molecular flexibility index (Phi) is 3.80. The van der Waals surface area contributed by atoms with E-state index >= 15 is 0 Å². The van der Waals surface area contributed by atoms with E-state index in [0.717, 1.165) is 19.4 Å². The highest BCUT2D eigenvalue weighted by atomic mass is 16.1. The van der Waals surface area contributed by atoms with Crippen molar-refractivity contribution in [2.24, 2.45) is 11.7 Å². The van der Waals surface area contributed by atoms with Crippen LogP contribution in [0.4, 0.5) is 0 Å². The minimum atomic E-state index is -0.471. The molecule has 3 atom stereocenters. The Morgan fingerprint density at radius 1 is 1.15 bits per heavy atom. The topological polar surface area (TPSA) is 58.4 Å². The maximum absolute atomic E-state index is 12.3. The second-order valence-corrected chi connectivity index (χ2v) is 7.33. The Morgan fingerprint density at radius 3 is 2.20 bits per heavy atom. The number of carbonyl (C=O) groups excluding carboxylic acids is 1. The molecular weight excluding hydrogens is 250 g/mol. The molecule has 0 aromatic heterocycles. The van der Waals surface area contributed by atoms with Gasteiger partial charge in [-0.05, 0) is 58.3 Å². The average Bonchev–Trinajstić information content (AvgIpc) is 3.25. The van der Waals surface area contributed by atoms with Crippen LogP contribution in [0.15, 0.2) is 0 Å². The molecule has 1 saturated heterocycles. The molecule has 20 heavy (non-hydrogen) atoms. The minimum Gasteiger partial charge on any atom is -0.368 e. The zero-order valence-electron chi connectivity index (χ0n) is 12.9. The Hall–Kier alpha value is -0.610. The molecule has 3 N–H and O–H groups in total. The predicted molar refractivity (Wildman–Crippen MR) is 80.3 cm³/mol. The molecular formula is C16H29N3O. The van der Waals surface area contributed by atoms with Crippen molar-refractivity contribution in [3.05, 3.63) is 0 Å². The van der Waals surface area contributed by atoms with Gasteiger partial charge in [0, 0.05) is 24.7 Å². The summed E-state index contributed by atoms with van der Waals surface area (Å²) in [6, 6.07) is 1.66. The van der Waals surface area contributed by atoms with Gasteiger partial charge in [0.1, 0.15) is 5.54 Å². The molecule has 0 radical (unpaired) electrons. The maximum atomic E-state index is 12.3. The molecule has 2 saturated carbocycles. The van der Waals surface area contributed by atoms with Crippen LogP contribution in [0.2, 0.25) is 0 Å². The third kappa shape index (κ3) is 2.73. The molecule has 3 rings (SSSR count). The smallest absolute Gasteiger partial charge is 0.239 e. The van der Waals surface area contributed by atoms with Crippen molar-refractivity contribution in [3.63, 3.8) is 0 Å². The SMILES string of the molecule is C[C@@H]1CCC[C@H](C)N1CC(NC1CC1)(C(N)=O)C1CC1. The lowest BCUT2D eigenvalue weighted by atomic mass is 9.87. The largest absolute Gasteiger partial charge is 0.368 e. The number of nitrogens with one attached hydrogen (secondary N) is 1. The van der Waals surface area contributed by atoms with E-state index in [1.807, 2.05) is 0 Å². The highest BCUT2D eigenvalue weighted by molar-refractivity contribution is 5.86. The summed E-state index contributed by atoms with van der Waals surface area (Å²) < 4.78 is 0. The number of likely N-dealkylation sites (tertiary alicyclic amines) is 1. The highest BCUT2D eigenvalue weighted by Crippen LogP contribution is 2.43. The monoisotopic (exact) mass is 279 g/mol. The summed E-state index contributed by atoms with van der Waals surface area (Å²) in [6.45, 7) is 5.41. The van der Waals surface area contributed by atoms with Gasteiger partial charge in [0.2, 0.25) is 5.91 Å². The van der Waals surface area contributed by atoms with Crippen molar-refractivity contribution in [3.8, 4) is 0 Å². The minimum absolute atomic E-state index is 0.128. The summed E-state index contributed by atoms with van der Waals surface area (Å²) in [5, 5.41) is 3.64. The van der Waals surface area contributed by atoms with Crippen LogP contribution in [0.25, 0.3) is 0 Å². The van der Waals surface area contributed by atoms with Crippen molar-refractivity contribution < 1.29 is 4.79 Å². The number of nitrogens with zero attached hydrogens (tertiary/aromatic N) is 1. The Labute approximate surface area is 122 Å². The van der Waals surface area contributed by atoms with Gasteiger partial charge in [-0.25, -0.2) is 0 Å². The molecule has 1 aliphatic heterocycles. The van der Waals surface area contributed by atoms with Crippen molar-refractivity contribution in [2.45, 2.75) is 82.5 Å². The van der Waals surface area contributed by atoms with Crippen LogP contribution in [0.3, 0.4) is 0 Å². The second-order valence-electron chi connectivity index (χ2n) is 7.33. The van der Waals surface area contributed by atoms with Gasteiger partial charge in [0.15, 0.2) is 0 Å². The number of nitrogens with two attached hydrogens (primary N) is 1. The van der Waals surface area contributed by atoms with Gasteiger partial charge in [-0.2, -0.15) is 0 Å². The van der Waals surface area contributed by atoms with Crippen LogP contribution in [-0.2, 0) is 4.79 Å². The first kappa shape index (κ1) is 14.3. The number of hydrogen-bond donors (Lipinski definition) is 2. The summed E-state index contributed by atoms with van der Waals surface area (Å²) in [5.41, 5.74) is 5.40. The van der Waals surface area contributed by atoms with Crippen molar-refractivity contribution >= 4 is 5.91 Å². The van der Waals surface area contributed by atoms with E-state index in [1.165, 1.54) is 32.1 Å². The van der Waals surface area contributed by atoms with Crippen LogP contribution in [0.5, 0.6) is 0 Å². The lowest BCUT2D eigenvalue weighted by Crippen LogP contribution is -2.66. The van der Waals surface area contributed by atoms with E-state index in [9.17, 15) is 4.79 Å². The molecule has 1 amide bonds. The molecule has 0 bridgehead atoms. The molecule has 1 heterocycles. The Morgan fingerprint density at radius 2 is 1.75 bits per heavy atom. The molecule has 1 unspecified atom stereocenters. The standard InChI is InChI=1S/C16H29N3O/c1-11-4-3-5-12(2)19(11)10-16(15(17)20,13-6-7-13)18-14-8-9-14/h11-14,18H,3-10H2,1-2H3,(H2,17,20)/t11-,12+,16?. The summed E-state index contributed by atoms with van der Waals surface area (Å²) >= 11 is 0. The third-order valence-electron chi connectivity index (χ3n) is 5.56. The maximum Gasteiger partial charge on any atom is 0.239 e. The number of rotatable bonds is 6. The Balaban J connectivity index is 1.78. The zero-order chi connectivity index (χ0) is 14.3. The van der Waals surface area contributed by atoms with Crippen LogP contribution in [-0.4, -0.2) is 41.0 Å². The first-order valence-electron chi connectivity index (χ1n) is 8.36. The van der Waals surface area contributed by atoms with Crippen molar-refractivity contribution in [2.75, 3.05) is 6.54 Å². The van der Waals surface area contributed by atoms with Crippen LogP contribution in [0.1, 0.15) is 58.8 Å². The number of carbonyl (C=O) groups is 1. The van der Waals surface area contributed by atoms with Crippen LogP contribution in [0, 0.1) is 5.92 Å². The average molecular weight is 279 g/mol. The van der Waals surface area contributed by atoms with Gasteiger partial charge < -0.3 is 5.73 Å². The normalized spacial score (nSPS) is 34.7. The van der Waals surface area contributed by atoms with Gasteiger partial charge in [-0.3, -0.25) is 15.0 Å². The van der Waals surface area contributed by atoms with E-state index in [1.54, 1.807) is 0 Å². The van der Waals surface area contributed by atoms with E-state index < -0.39 is 5.54 Å². The molecule has 4 heteroatoms. The fourth-order valence-electron chi connectivity index (χ4n) is 3.89. The molecule has 0 aromatic carbocycles. The summed E-state index contributed by atoms with van der Waals surface area (Å²) in [7, 11) is 0. The zero-order valence-corrected chi connectivity index (χ0v) is 12.9. The van der Waals surface area contributed by atoms with E-state index in [0.29, 0.717) is 24.0 Å². The molecule has 2 aliphatic carbocycles. The lowest BCUT2D eigenvalue weighted by molar-refractivity contribution is -0.127. The number of hydrogen-bond acceptors (Lipinski definition) is 3. The van der Waals surface area contributed by atoms with E-state index in [-0.39, 0.29) is 5.91 Å². The first-order chi connectivity index (χ1) is 9.53. The predicted octanol–water partition coefficient (Wildman–Crippen LogP) is 1.64. The highest BCUT2D eigenvalue weighted by Gasteiger charge is 2.53. The molecule has 0 spiro atoms.